The molecule has 0 aliphatic carbocycles. The van der Waals surface area contributed by atoms with Crippen molar-refractivity contribution in [3.05, 3.63) is 64.7 Å². The average molecular weight is 318 g/mol. The van der Waals surface area contributed by atoms with Crippen LogP contribution in [0.3, 0.4) is 0 Å². The molecule has 2 aromatic carbocycles. The molecule has 4 nitrogen and oxygen atoms in total. The highest BCUT2D eigenvalue weighted by Crippen LogP contribution is 2.14. The summed E-state index contributed by atoms with van der Waals surface area (Å²) in [6.45, 7) is 3.45. The predicted molar refractivity (Wildman–Crippen MR) is 86.1 cm³/mol. The van der Waals surface area contributed by atoms with Gasteiger partial charge in [0.1, 0.15) is 0 Å². The molecular weight excluding hydrogens is 302 g/mol. The van der Waals surface area contributed by atoms with E-state index in [0.717, 1.165) is 5.56 Å². The van der Waals surface area contributed by atoms with E-state index >= 15 is 0 Å². The Morgan fingerprint density at radius 3 is 2.23 bits per heavy atom. The minimum absolute atomic E-state index is 0.400. The highest BCUT2D eigenvalue weighted by Gasteiger charge is 2.18. The molecule has 0 fully saturated rings. The van der Waals surface area contributed by atoms with Crippen molar-refractivity contribution in [2.45, 2.75) is 20.0 Å². The molecule has 1 N–H and O–H groups in total. The number of hydrogen-bond donors (Lipinski definition) is 1. The molecule has 0 radical (unpaired) electrons. The Bertz CT molecular complexity index is 665. The molecule has 2 rings (SSSR count). The summed E-state index contributed by atoms with van der Waals surface area (Å²) in [7, 11) is 0. The first kappa shape index (κ1) is 16.0. The van der Waals surface area contributed by atoms with Gasteiger partial charge in [-0.3, -0.25) is 4.79 Å². The number of nitrogens with one attached hydrogen (secondary N) is 1. The van der Waals surface area contributed by atoms with Crippen LogP contribution in [0.2, 0.25) is 5.02 Å². The molecule has 0 saturated heterocycles. The number of hydrogen-bond acceptors (Lipinski definition) is 3. The summed E-state index contributed by atoms with van der Waals surface area (Å²) in [5.41, 5.74) is 2.05. The third kappa shape index (κ3) is 4.33. The van der Waals surface area contributed by atoms with Crippen LogP contribution in [0.15, 0.2) is 48.5 Å². The van der Waals surface area contributed by atoms with Crippen molar-refractivity contribution in [3.63, 3.8) is 0 Å². The number of aryl methyl sites for hydroxylation is 1. The third-order valence-corrected chi connectivity index (χ3v) is 3.30. The van der Waals surface area contributed by atoms with Gasteiger partial charge in [-0.25, -0.2) is 4.79 Å². The maximum absolute atomic E-state index is 12.0. The molecule has 114 valence electrons. The lowest BCUT2D eigenvalue weighted by atomic mass is 10.1. The number of anilines is 1. The van der Waals surface area contributed by atoms with Gasteiger partial charge in [-0.1, -0.05) is 29.3 Å². The van der Waals surface area contributed by atoms with Crippen LogP contribution < -0.4 is 5.32 Å². The van der Waals surface area contributed by atoms with Crippen LogP contribution in [0.25, 0.3) is 0 Å². The van der Waals surface area contributed by atoms with Crippen LogP contribution in [-0.2, 0) is 9.53 Å². The monoisotopic (exact) mass is 317 g/mol. The molecule has 0 aliphatic heterocycles. The van der Waals surface area contributed by atoms with Gasteiger partial charge in [0.05, 0.1) is 5.56 Å². The van der Waals surface area contributed by atoms with Crippen molar-refractivity contribution < 1.29 is 14.3 Å². The van der Waals surface area contributed by atoms with Gasteiger partial charge >= 0.3 is 5.97 Å². The summed E-state index contributed by atoms with van der Waals surface area (Å²) in [5.74, 6) is -0.929. The first-order chi connectivity index (χ1) is 10.5. The number of esters is 1. The number of ether oxygens (including phenoxy) is 1. The van der Waals surface area contributed by atoms with Gasteiger partial charge in [0, 0.05) is 10.7 Å². The largest absolute Gasteiger partial charge is 0.449 e. The zero-order valence-corrected chi connectivity index (χ0v) is 13.1. The SMILES string of the molecule is Cc1ccc(C(=O)OC(C)C(=O)Nc2ccc(Cl)cc2)cc1. The Morgan fingerprint density at radius 1 is 1.05 bits per heavy atom. The number of amides is 1. The molecule has 1 amide bonds. The highest BCUT2D eigenvalue weighted by atomic mass is 35.5. The zero-order valence-electron chi connectivity index (χ0n) is 12.3. The van der Waals surface area contributed by atoms with E-state index in [1.807, 2.05) is 19.1 Å². The number of halogens is 1. The fourth-order valence-corrected chi connectivity index (χ4v) is 1.87. The number of carbonyl (C=O) groups excluding carboxylic acids is 2. The van der Waals surface area contributed by atoms with E-state index in [-0.39, 0.29) is 0 Å². The van der Waals surface area contributed by atoms with E-state index in [4.69, 9.17) is 16.3 Å². The lowest BCUT2D eigenvalue weighted by Crippen LogP contribution is -2.29. The van der Waals surface area contributed by atoms with Crippen LogP contribution in [0.1, 0.15) is 22.8 Å². The van der Waals surface area contributed by atoms with E-state index in [9.17, 15) is 9.59 Å². The summed E-state index contributed by atoms with van der Waals surface area (Å²) in [5, 5.41) is 3.24. The average Bonchev–Trinajstić information content (AvgIpc) is 2.50. The molecule has 0 aromatic heterocycles. The van der Waals surface area contributed by atoms with Gasteiger partial charge in [0.25, 0.3) is 5.91 Å². The smallest absolute Gasteiger partial charge is 0.338 e. The fraction of sp³-hybridized carbons (Fsp3) is 0.176. The molecule has 1 atom stereocenters. The van der Waals surface area contributed by atoms with Gasteiger partial charge in [0.2, 0.25) is 0 Å². The first-order valence-electron chi connectivity index (χ1n) is 6.80. The molecule has 0 spiro atoms. The summed E-state index contributed by atoms with van der Waals surface area (Å²) in [4.78, 5) is 23.9. The molecule has 0 saturated carbocycles. The van der Waals surface area contributed by atoms with Gasteiger partial charge in [-0.15, -0.1) is 0 Å². The van der Waals surface area contributed by atoms with Crippen LogP contribution in [-0.4, -0.2) is 18.0 Å². The van der Waals surface area contributed by atoms with E-state index in [1.54, 1.807) is 36.4 Å². The Labute approximate surface area is 134 Å². The van der Waals surface area contributed by atoms with Crippen molar-refractivity contribution in [1.29, 1.82) is 0 Å². The molecule has 22 heavy (non-hydrogen) atoms. The van der Waals surface area contributed by atoms with E-state index < -0.39 is 18.0 Å². The topological polar surface area (TPSA) is 55.4 Å². The van der Waals surface area contributed by atoms with Gasteiger partial charge < -0.3 is 10.1 Å². The standard InChI is InChI=1S/C17H16ClNO3/c1-11-3-5-13(6-4-11)17(21)22-12(2)16(20)19-15-9-7-14(18)8-10-15/h3-10,12H,1-2H3,(H,19,20). The number of carbonyl (C=O) groups is 2. The number of benzene rings is 2. The maximum Gasteiger partial charge on any atom is 0.338 e. The Kier molecular flexibility index (Phi) is 5.17. The third-order valence-electron chi connectivity index (χ3n) is 3.05. The second-order valence-electron chi connectivity index (χ2n) is 4.91. The van der Waals surface area contributed by atoms with Crippen LogP contribution in [0.5, 0.6) is 0 Å². The molecule has 0 bridgehead atoms. The summed E-state index contributed by atoms with van der Waals surface area (Å²) in [6.07, 6.45) is -0.899. The van der Waals surface area contributed by atoms with Crippen molar-refractivity contribution in [2.75, 3.05) is 5.32 Å². The van der Waals surface area contributed by atoms with Crippen LogP contribution >= 0.6 is 11.6 Å². The van der Waals surface area contributed by atoms with E-state index in [2.05, 4.69) is 5.32 Å². The fourth-order valence-electron chi connectivity index (χ4n) is 1.75. The molecule has 0 aliphatic rings. The quantitative estimate of drug-likeness (QED) is 0.872. The second-order valence-corrected chi connectivity index (χ2v) is 5.35. The normalized spacial score (nSPS) is 11.6. The lowest BCUT2D eigenvalue weighted by Gasteiger charge is -2.13. The molecule has 1 unspecified atom stereocenters. The van der Waals surface area contributed by atoms with E-state index in [0.29, 0.717) is 16.3 Å². The Hall–Kier alpha value is -2.33. The van der Waals surface area contributed by atoms with Crippen LogP contribution in [0, 0.1) is 6.92 Å². The van der Waals surface area contributed by atoms with Gasteiger partial charge in [0.15, 0.2) is 6.10 Å². The van der Waals surface area contributed by atoms with Crippen molar-refractivity contribution in [1.82, 2.24) is 0 Å². The lowest BCUT2D eigenvalue weighted by molar-refractivity contribution is -0.123. The Morgan fingerprint density at radius 2 is 1.64 bits per heavy atom. The van der Waals surface area contributed by atoms with Crippen molar-refractivity contribution >= 4 is 29.2 Å². The van der Waals surface area contributed by atoms with Crippen LogP contribution in [0.4, 0.5) is 5.69 Å². The predicted octanol–water partition coefficient (Wildman–Crippen LogP) is 3.83. The Balaban J connectivity index is 1.94. The first-order valence-corrected chi connectivity index (χ1v) is 7.17. The minimum Gasteiger partial charge on any atom is -0.449 e. The highest BCUT2D eigenvalue weighted by molar-refractivity contribution is 6.30. The van der Waals surface area contributed by atoms with E-state index in [1.165, 1.54) is 6.92 Å². The zero-order chi connectivity index (χ0) is 16.1. The summed E-state index contributed by atoms with van der Waals surface area (Å²) < 4.78 is 5.16. The molecule has 5 heteroatoms. The summed E-state index contributed by atoms with van der Waals surface area (Å²) in [6, 6.07) is 13.6. The maximum atomic E-state index is 12.0. The van der Waals surface area contributed by atoms with Gasteiger partial charge in [-0.2, -0.15) is 0 Å². The molecule has 0 heterocycles. The van der Waals surface area contributed by atoms with Crippen molar-refractivity contribution in [3.8, 4) is 0 Å². The summed E-state index contributed by atoms with van der Waals surface area (Å²) >= 11 is 5.78. The van der Waals surface area contributed by atoms with Crippen molar-refractivity contribution in [2.24, 2.45) is 0 Å². The molecule has 2 aromatic rings. The second kappa shape index (κ2) is 7.09. The number of rotatable bonds is 4. The molecular formula is C17H16ClNO3. The minimum atomic E-state index is -0.899. The van der Waals surface area contributed by atoms with Gasteiger partial charge in [-0.05, 0) is 50.2 Å².